The second-order valence-corrected chi connectivity index (χ2v) is 6.24. The molecule has 6 heteroatoms. The number of halogens is 3. The lowest BCUT2D eigenvalue weighted by atomic mass is 9.92. The molecule has 1 saturated heterocycles. The topological polar surface area (TPSA) is 28.2 Å². The zero-order valence-corrected chi connectivity index (χ0v) is 12.1. The molecule has 1 aromatic heterocycles. The number of piperazine rings is 1. The third-order valence-electron chi connectivity index (χ3n) is 4.71. The molecule has 1 unspecified atom stereocenters. The van der Waals surface area contributed by atoms with Gasteiger partial charge in [-0.25, -0.2) is 4.98 Å². The molecule has 1 aliphatic heterocycles. The monoisotopic (exact) mass is 299 g/mol. The molecule has 0 radical (unpaired) electrons. The van der Waals surface area contributed by atoms with Crippen molar-refractivity contribution in [2.24, 2.45) is 0 Å². The van der Waals surface area contributed by atoms with Gasteiger partial charge in [-0.2, -0.15) is 13.2 Å². The van der Waals surface area contributed by atoms with Crippen LogP contribution >= 0.6 is 0 Å². The summed E-state index contributed by atoms with van der Waals surface area (Å²) in [5.41, 5.74) is 0.0859. The van der Waals surface area contributed by atoms with Crippen molar-refractivity contribution in [3.8, 4) is 0 Å². The number of anilines is 1. The molecule has 3 rings (SSSR count). The van der Waals surface area contributed by atoms with E-state index in [9.17, 15) is 13.2 Å². The fourth-order valence-corrected chi connectivity index (χ4v) is 3.47. The average Bonchev–Trinajstić information content (AvgIpc) is 2.90. The van der Waals surface area contributed by atoms with Crippen LogP contribution in [0.4, 0.5) is 18.9 Å². The van der Waals surface area contributed by atoms with Gasteiger partial charge in [-0.05, 0) is 31.9 Å². The van der Waals surface area contributed by atoms with Crippen LogP contribution in [0.1, 0.15) is 38.3 Å². The summed E-state index contributed by atoms with van der Waals surface area (Å²) in [4.78, 5) is 5.78. The van der Waals surface area contributed by atoms with Crippen molar-refractivity contribution in [3.05, 3.63) is 24.0 Å². The van der Waals surface area contributed by atoms with E-state index in [0.29, 0.717) is 0 Å². The van der Waals surface area contributed by atoms with Crippen molar-refractivity contribution in [2.45, 2.75) is 50.4 Å². The lowest BCUT2D eigenvalue weighted by Crippen LogP contribution is -2.62. The van der Waals surface area contributed by atoms with Gasteiger partial charge in [-0.1, -0.05) is 12.8 Å². The SMILES string of the molecule is CC1CNC2(CCCC2)CN1c1ccc(C(F)(F)F)nc1. The van der Waals surface area contributed by atoms with Crippen molar-refractivity contribution >= 4 is 5.69 Å². The lowest BCUT2D eigenvalue weighted by Gasteiger charge is -2.46. The van der Waals surface area contributed by atoms with Crippen LogP contribution in [0.5, 0.6) is 0 Å². The van der Waals surface area contributed by atoms with Gasteiger partial charge in [0.05, 0.1) is 11.9 Å². The van der Waals surface area contributed by atoms with Gasteiger partial charge in [0.25, 0.3) is 0 Å². The fraction of sp³-hybridized carbons (Fsp3) is 0.667. The minimum atomic E-state index is -4.37. The summed E-state index contributed by atoms with van der Waals surface area (Å²) in [6.45, 7) is 3.80. The molecule has 0 amide bonds. The van der Waals surface area contributed by atoms with E-state index >= 15 is 0 Å². The maximum absolute atomic E-state index is 12.6. The molecule has 1 N–H and O–H groups in total. The van der Waals surface area contributed by atoms with Crippen LogP contribution in [0.25, 0.3) is 0 Å². The Morgan fingerprint density at radius 2 is 2.00 bits per heavy atom. The first-order valence-corrected chi connectivity index (χ1v) is 7.45. The predicted molar refractivity (Wildman–Crippen MR) is 75.2 cm³/mol. The Morgan fingerprint density at radius 1 is 1.29 bits per heavy atom. The quantitative estimate of drug-likeness (QED) is 0.863. The van der Waals surface area contributed by atoms with Gasteiger partial charge >= 0.3 is 6.18 Å². The number of aromatic nitrogens is 1. The zero-order chi connectivity index (χ0) is 15.1. The molecule has 3 nitrogen and oxygen atoms in total. The minimum Gasteiger partial charge on any atom is -0.364 e. The second kappa shape index (κ2) is 5.16. The number of rotatable bonds is 1. The summed E-state index contributed by atoms with van der Waals surface area (Å²) in [6.07, 6.45) is 1.71. The molecule has 2 heterocycles. The van der Waals surface area contributed by atoms with E-state index in [-0.39, 0.29) is 11.6 Å². The number of hydrogen-bond donors (Lipinski definition) is 1. The first-order valence-electron chi connectivity index (χ1n) is 7.45. The van der Waals surface area contributed by atoms with Crippen LogP contribution in [0, 0.1) is 0 Å². The summed E-state index contributed by atoms with van der Waals surface area (Å²) >= 11 is 0. The Morgan fingerprint density at radius 3 is 2.57 bits per heavy atom. The van der Waals surface area contributed by atoms with E-state index in [1.165, 1.54) is 19.0 Å². The molecule has 1 aromatic rings. The Kier molecular flexibility index (Phi) is 3.59. The minimum absolute atomic E-state index is 0.134. The van der Waals surface area contributed by atoms with E-state index in [0.717, 1.165) is 37.7 Å². The highest BCUT2D eigenvalue weighted by Crippen LogP contribution is 2.35. The Bertz CT molecular complexity index is 492. The Hall–Kier alpha value is -1.30. The lowest BCUT2D eigenvalue weighted by molar-refractivity contribution is -0.141. The van der Waals surface area contributed by atoms with Crippen LogP contribution in [-0.2, 0) is 6.18 Å². The zero-order valence-electron chi connectivity index (χ0n) is 12.1. The predicted octanol–water partition coefficient (Wildman–Crippen LogP) is 3.21. The van der Waals surface area contributed by atoms with Crippen LogP contribution in [-0.4, -0.2) is 29.7 Å². The van der Waals surface area contributed by atoms with Gasteiger partial charge < -0.3 is 10.2 Å². The van der Waals surface area contributed by atoms with Crippen molar-refractivity contribution in [1.29, 1.82) is 0 Å². The average molecular weight is 299 g/mol. The maximum atomic E-state index is 12.6. The molecule has 21 heavy (non-hydrogen) atoms. The first-order chi connectivity index (χ1) is 9.90. The summed E-state index contributed by atoms with van der Waals surface area (Å²) < 4.78 is 37.8. The fourth-order valence-electron chi connectivity index (χ4n) is 3.47. The number of pyridine rings is 1. The highest BCUT2D eigenvalue weighted by Gasteiger charge is 2.40. The van der Waals surface area contributed by atoms with Crippen molar-refractivity contribution in [1.82, 2.24) is 10.3 Å². The van der Waals surface area contributed by atoms with Gasteiger partial charge in [0.1, 0.15) is 5.69 Å². The van der Waals surface area contributed by atoms with Gasteiger partial charge in [-0.15, -0.1) is 0 Å². The molecule has 1 atom stereocenters. The largest absolute Gasteiger partial charge is 0.433 e. The van der Waals surface area contributed by atoms with Gasteiger partial charge in [0.2, 0.25) is 0 Å². The van der Waals surface area contributed by atoms with Crippen LogP contribution in [0.15, 0.2) is 18.3 Å². The molecular weight excluding hydrogens is 279 g/mol. The molecule has 1 saturated carbocycles. The number of nitrogens with one attached hydrogen (secondary N) is 1. The maximum Gasteiger partial charge on any atom is 0.433 e. The van der Waals surface area contributed by atoms with Crippen LogP contribution < -0.4 is 10.2 Å². The Labute approximate surface area is 122 Å². The standard InChI is InChI=1S/C15H20F3N3/c1-11-8-20-14(6-2-3-7-14)10-21(11)12-4-5-13(19-9-12)15(16,17)18/h4-5,9,11,20H,2-3,6-8,10H2,1H3. The van der Waals surface area contributed by atoms with Crippen LogP contribution in [0.2, 0.25) is 0 Å². The summed E-state index contributed by atoms with van der Waals surface area (Å²) in [5.74, 6) is 0. The van der Waals surface area contributed by atoms with Crippen molar-refractivity contribution in [3.63, 3.8) is 0 Å². The first kappa shape index (κ1) is 14.6. The number of alkyl halides is 3. The second-order valence-electron chi connectivity index (χ2n) is 6.24. The molecule has 1 aliphatic carbocycles. The van der Waals surface area contributed by atoms with E-state index in [2.05, 4.69) is 22.1 Å². The Balaban J connectivity index is 1.81. The normalized spacial score (nSPS) is 25.5. The summed E-state index contributed by atoms with van der Waals surface area (Å²) in [6, 6.07) is 2.88. The number of hydrogen-bond acceptors (Lipinski definition) is 3. The highest BCUT2D eigenvalue weighted by molar-refractivity contribution is 5.47. The molecule has 2 aliphatic rings. The van der Waals surface area contributed by atoms with Gasteiger partial charge in [0.15, 0.2) is 0 Å². The smallest absolute Gasteiger partial charge is 0.364 e. The summed E-state index contributed by atoms with van der Waals surface area (Å²) in [7, 11) is 0. The van der Waals surface area contributed by atoms with Gasteiger partial charge in [0, 0.05) is 24.7 Å². The summed E-state index contributed by atoms with van der Waals surface area (Å²) in [5, 5.41) is 3.64. The van der Waals surface area contributed by atoms with E-state index < -0.39 is 11.9 Å². The number of nitrogens with zero attached hydrogens (tertiary/aromatic N) is 2. The molecule has 2 fully saturated rings. The molecular formula is C15H20F3N3. The van der Waals surface area contributed by atoms with Crippen LogP contribution in [0.3, 0.4) is 0 Å². The van der Waals surface area contributed by atoms with E-state index in [4.69, 9.17) is 0 Å². The van der Waals surface area contributed by atoms with Crippen molar-refractivity contribution < 1.29 is 13.2 Å². The third-order valence-corrected chi connectivity index (χ3v) is 4.71. The van der Waals surface area contributed by atoms with Crippen molar-refractivity contribution in [2.75, 3.05) is 18.0 Å². The highest BCUT2D eigenvalue weighted by atomic mass is 19.4. The van der Waals surface area contributed by atoms with E-state index in [1.807, 2.05) is 0 Å². The molecule has 116 valence electrons. The third kappa shape index (κ3) is 2.86. The molecule has 0 aromatic carbocycles. The molecule has 0 bridgehead atoms. The molecule has 1 spiro atoms. The van der Waals surface area contributed by atoms with Gasteiger partial charge in [-0.3, -0.25) is 0 Å². The van der Waals surface area contributed by atoms with E-state index in [1.54, 1.807) is 6.07 Å².